The minimum Gasteiger partial charge on any atom is -0.354 e. The second-order valence-corrected chi connectivity index (χ2v) is 6.13. The van der Waals surface area contributed by atoms with Crippen LogP contribution in [0.4, 0.5) is 17.8 Å². The van der Waals surface area contributed by atoms with Gasteiger partial charge in [-0.25, -0.2) is 0 Å². The van der Waals surface area contributed by atoms with Crippen molar-refractivity contribution >= 4 is 29.6 Å². The van der Waals surface area contributed by atoms with Crippen LogP contribution in [0.5, 0.6) is 0 Å². The molecule has 114 valence electrons. The zero-order valence-electron chi connectivity index (χ0n) is 13.1. The minimum absolute atomic E-state index is 0.330. The van der Waals surface area contributed by atoms with Crippen molar-refractivity contribution in [1.82, 2.24) is 15.0 Å². The Morgan fingerprint density at radius 3 is 2.45 bits per heavy atom. The summed E-state index contributed by atoms with van der Waals surface area (Å²) in [5.74, 6) is 4.08. The van der Waals surface area contributed by atoms with Crippen molar-refractivity contribution in [2.75, 3.05) is 47.7 Å². The highest BCUT2D eigenvalue weighted by Crippen LogP contribution is 2.13. The molecule has 20 heavy (non-hydrogen) atoms. The van der Waals surface area contributed by atoms with Crippen molar-refractivity contribution < 1.29 is 0 Å². The molecule has 0 aliphatic heterocycles. The first-order chi connectivity index (χ1) is 9.56. The molecule has 0 saturated carbocycles. The maximum Gasteiger partial charge on any atom is 0.231 e. The summed E-state index contributed by atoms with van der Waals surface area (Å²) in [7, 11) is 3.86. The average Bonchev–Trinajstić information content (AvgIpc) is 2.42. The van der Waals surface area contributed by atoms with Crippen LogP contribution in [-0.2, 0) is 0 Å². The zero-order valence-corrected chi connectivity index (χ0v) is 13.9. The molecule has 1 unspecified atom stereocenters. The number of rotatable bonds is 9. The van der Waals surface area contributed by atoms with Crippen LogP contribution in [0.2, 0.25) is 0 Å². The summed E-state index contributed by atoms with van der Waals surface area (Å²) < 4.78 is 0. The predicted octanol–water partition coefficient (Wildman–Crippen LogP) is 2.31. The summed E-state index contributed by atoms with van der Waals surface area (Å²) in [6.45, 7) is 7.28. The van der Waals surface area contributed by atoms with Crippen LogP contribution in [0, 0.1) is 0 Å². The third kappa shape index (κ3) is 5.81. The highest BCUT2D eigenvalue weighted by molar-refractivity contribution is 7.99. The molecular formula is C13H26N6S. The Bertz CT molecular complexity index is 398. The number of aromatic nitrogens is 3. The molecule has 0 bridgehead atoms. The molecule has 0 fully saturated rings. The van der Waals surface area contributed by atoms with Crippen LogP contribution in [0.25, 0.3) is 0 Å². The highest BCUT2D eigenvalue weighted by Gasteiger charge is 2.10. The number of nitrogens with one attached hydrogen (secondary N) is 2. The molecule has 0 radical (unpaired) electrons. The summed E-state index contributed by atoms with van der Waals surface area (Å²) in [4.78, 5) is 15.1. The van der Waals surface area contributed by atoms with E-state index in [4.69, 9.17) is 0 Å². The Morgan fingerprint density at radius 1 is 1.15 bits per heavy atom. The maximum atomic E-state index is 4.43. The van der Waals surface area contributed by atoms with Gasteiger partial charge < -0.3 is 15.5 Å². The predicted molar refractivity (Wildman–Crippen MR) is 89.0 cm³/mol. The van der Waals surface area contributed by atoms with Gasteiger partial charge in [0.25, 0.3) is 0 Å². The monoisotopic (exact) mass is 298 g/mol. The number of hydrogen-bond acceptors (Lipinski definition) is 7. The van der Waals surface area contributed by atoms with Crippen LogP contribution in [-0.4, -0.2) is 53.1 Å². The lowest BCUT2D eigenvalue weighted by Crippen LogP contribution is -2.22. The third-order valence-electron chi connectivity index (χ3n) is 2.50. The molecule has 0 saturated heterocycles. The standard InChI is InChI=1S/C13H26N6S/c1-6-8-14-11-16-12(15-10(3)9-20-7-2)18-13(17-11)19(4)5/h10H,6-9H2,1-5H3,(H2,14,15,16,17,18). The van der Waals surface area contributed by atoms with E-state index >= 15 is 0 Å². The summed E-state index contributed by atoms with van der Waals surface area (Å²) in [5, 5.41) is 6.55. The third-order valence-corrected chi connectivity index (χ3v) is 3.65. The number of thioether (sulfide) groups is 1. The normalized spacial score (nSPS) is 12.1. The van der Waals surface area contributed by atoms with Gasteiger partial charge >= 0.3 is 0 Å². The molecule has 7 heteroatoms. The van der Waals surface area contributed by atoms with Gasteiger partial charge in [0.15, 0.2) is 0 Å². The average molecular weight is 298 g/mol. The van der Waals surface area contributed by atoms with E-state index in [1.807, 2.05) is 30.8 Å². The molecule has 0 amide bonds. The van der Waals surface area contributed by atoms with Gasteiger partial charge in [0.2, 0.25) is 17.8 Å². The van der Waals surface area contributed by atoms with E-state index in [9.17, 15) is 0 Å². The van der Waals surface area contributed by atoms with E-state index in [2.05, 4.69) is 46.4 Å². The van der Waals surface area contributed by atoms with Crippen molar-refractivity contribution in [1.29, 1.82) is 0 Å². The molecule has 2 N–H and O–H groups in total. The lowest BCUT2D eigenvalue weighted by atomic mass is 10.4. The second kappa shape index (κ2) is 8.84. The van der Waals surface area contributed by atoms with E-state index < -0.39 is 0 Å². The maximum absolute atomic E-state index is 4.43. The Balaban J connectivity index is 2.79. The van der Waals surface area contributed by atoms with E-state index in [0.717, 1.165) is 24.5 Å². The highest BCUT2D eigenvalue weighted by atomic mass is 32.2. The topological polar surface area (TPSA) is 66.0 Å². The fourth-order valence-electron chi connectivity index (χ4n) is 1.50. The van der Waals surface area contributed by atoms with Gasteiger partial charge in [0, 0.05) is 32.4 Å². The van der Waals surface area contributed by atoms with Gasteiger partial charge in [0.05, 0.1) is 0 Å². The molecule has 1 aromatic rings. The van der Waals surface area contributed by atoms with Crippen LogP contribution >= 0.6 is 11.8 Å². The molecule has 1 rings (SSSR count). The SMILES string of the molecule is CCCNc1nc(NC(C)CSCC)nc(N(C)C)n1. The van der Waals surface area contributed by atoms with E-state index in [0.29, 0.717) is 23.9 Å². The molecular weight excluding hydrogens is 272 g/mol. The van der Waals surface area contributed by atoms with Gasteiger partial charge in [-0.2, -0.15) is 26.7 Å². The summed E-state index contributed by atoms with van der Waals surface area (Å²) in [6, 6.07) is 0.330. The lowest BCUT2D eigenvalue weighted by molar-refractivity contribution is 0.862. The smallest absolute Gasteiger partial charge is 0.231 e. The van der Waals surface area contributed by atoms with Gasteiger partial charge in [-0.05, 0) is 19.1 Å². The fourth-order valence-corrected chi connectivity index (χ4v) is 2.17. The van der Waals surface area contributed by atoms with Crippen molar-refractivity contribution in [3.63, 3.8) is 0 Å². The van der Waals surface area contributed by atoms with Gasteiger partial charge in [-0.3, -0.25) is 0 Å². The summed E-state index contributed by atoms with van der Waals surface area (Å²) in [6.07, 6.45) is 1.04. The summed E-state index contributed by atoms with van der Waals surface area (Å²) in [5.41, 5.74) is 0. The zero-order chi connectivity index (χ0) is 15.0. The van der Waals surface area contributed by atoms with Crippen molar-refractivity contribution in [2.24, 2.45) is 0 Å². The largest absolute Gasteiger partial charge is 0.354 e. The Morgan fingerprint density at radius 2 is 1.85 bits per heavy atom. The van der Waals surface area contributed by atoms with Crippen molar-refractivity contribution in [2.45, 2.75) is 33.2 Å². The first-order valence-electron chi connectivity index (χ1n) is 7.08. The number of nitrogens with zero attached hydrogens (tertiary/aromatic N) is 4. The van der Waals surface area contributed by atoms with Gasteiger partial charge in [-0.15, -0.1) is 0 Å². The quantitative estimate of drug-likeness (QED) is 0.725. The Labute approximate surface area is 126 Å². The van der Waals surface area contributed by atoms with Crippen LogP contribution < -0.4 is 15.5 Å². The molecule has 0 spiro atoms. The van der Waals surface area contributed by atoms with Crippen LogP contribution in [0.1, 0.15) is 27.2 Å². The van der Waals surface area contributed by atoms with E-state index in [1.165, 1.54) is 0 Å². The van der Waals surface area contributed by atoms with Crippen molar-refractivity contribution in [3.05, 3.63) is 0 Å². The number of hydrogen-bond donors (Lipinski definition) is 2. The van der Waals surface area contributed by atoms with E-state index in [-0.39, 0.29) is 0 Å². The lowest BCUT2D eigenvalue weighted by Gasteiger charge is -2.16. The van der Waals surface area contributed by atoms with E-state index in [1.54, 1.807) is 0 Å². The van der Waals surface area contributed by atoms with Crippen molar-refractivity contribution in [3.8, 4) is 0 Å². The molecule has 1 aromatic heterocycles. The Hall–Kier alpha value is -1.24. The first-order valence-corrected chi connectivity index (χ1v) is 8.23. The second-order valence-electron chi connectivity index (χ2n) is 4.81. The molecule has 0 aliphatic rings. The molecule has 6 nitrogen and oxygen atoms in total. The molecule has 0 aromatic carbocycles. The van der Waals surface area contributed by atoms with Gasteiger partial charge in [-0.1, -0.05) is 13.8 Å². The molecule has 1 heterocycles. The minimum atomic E-state index is 0.330. The summed E-state index contributed by atoms with van der Waals surface area (Å²) >= 11 is 1.90. The van der Waals surface area contributed by atoms with Crippen LogP contribution in [0.15, 0.2) is 0 Å². The molecule has 1 atom stereocenters. The number of anilines is 3. The molecule has 0 aliphatic carbocycles. The van der Waals surface area contributed by atoms with Gasteiger partial charge in [0.1, 0.15) is 0 Å². The Kier molecular flexibility index (Phi) is 7.43. The first kappa shape index (κ1) is 16.8. The fraction of sp³-hybridized carbons (Fsp3) is 0.769. The van der Waals surface area contributed by atoms with Crippen LogP contribution in [0.3, 0.4) is 0 Å².